The van der Waals surface area contributed by atoms with Crippen molar-refractivity contribution in [1.29, 1.82) is 0 Å². The van der Waals surface area contributed by atoms with E-state index in [9.17, 15) is 0 Å². The largest absolute Gasteiger partial charge is 0.330 e. The van der Waals surface area contributed by atoms with Gasteiger partial charge >= 0.3 is 0 Å². The van der Waals surface area contributed by atoms with E-state index in [-0.39, 0.29) is 6.17 Å². The third-order valence-corrected chi connectivity index (χ3v) is 2.82. The van der Waals surface area contributed by atoms with Crippen molar-refractivity contribution in [1.82, 2.24) is 10.2 Å². The SMILES string of the molecule is NCCCCCC(N)N1CCNCC1. The lowest BCUT2D eigenvalue weighted by Crippen LogP contribution is -2.51. The predicted octanol–water partition coefficient (Wildman–Crippen LogP) is -0.304. The fraction of sp³-hybridized carbons (Fsp3) is 1.00. The van der Waals surface area contributed by atoms with Crippen molar-refractivity contribution in [3.63, 3.8) is 0 Å². The second kappa shape index (κ2) is 7.17. The maximum atomic E-state index is 6.10. The lowest BCUT2D eigenvalue weighted by Gasteiger charge is -2.32. The Morgan fingerprint density at radius 3 is 2.50 bits per heavy atom. The summed E-state index contributed by atoms with van der Waals surface area (Å²) in [5.41, 5.74) is 11.5. The molecule has 1 rings (SSSR count). The zero-order valence-corrected chi connectivity index (χ0v) is 9.04. The number of piperazine rings is 1. The summed E-state index contributed by atoms with van der Waals surface area (Å²) in [6, 6.07) is 0. The molecule has 0 radical (unpaired) electrons. The van der Waals surface area contributed by atoms with Crippen LogP contribution in [0.5, 0.6) is 0 Å². The van der Waals surface area contributed by atoms with Crippen LogP contribution in [0, 0.1) is 0 Å². The standard InChI is InChI=1S/C10H24N4/c11-5-3-1-2-4-10(12)14-8-6-13-7-9-14/h10,13H,1-9,11-12H2. The van der Waals surface area contributed by atoms with Gasteiger partial charge in [-0.25, -0.2) is 0 Å². The van der Waals surface area contributed by atoms with Crippen molar-refractivity contribution in [2.45, 2.75) is 31.8 Å². The van der Waals surface area contributed by atoms with Gasteiger partial charge in [0.05, 0.1) is 6.17 Å². The summed E-state index contributed by atoms with van der Waals surface area (Å²) in [5, 5.41) is 3.33. The van der Waals surface area contributed by atoms with Crippen molar-refractivity contribution in [2.75, 3.05) is 32.7 Å². The molecular formula is C10H24N4. The summed E-state index contributed by atoms with van der Waals surface area (Å²) in [6.45, 7) is 5.16. The molecule has 1 fully saturated rings. The molecule has 1 unspecified atom stereocenters. The van der Waals surface area contributed by atoms with E-state index in [1.807, 2.05) is 0 Å². The predicted molar refractivity (Wildman–Crippen MR) is 59.9 cm³/mol. The number of nitrogens with two attached hydrogens (primary N) is 2. The second-order valence-corrected chi connectivity index (χ2v) is 3.99. The summed E-state index contributed by atoms with van der Waals surface area (Å²) in [5.74, 6) is 0. The van der Waals surface area contributed by atoms with Crippen molar-refractivity contribution in [3.8, 4) is 0 Å². The third kappa shape index (κ3) is 4.37. The van der Waals surface area contributed by atoms with Crippen molar-refractivity contribution < 1.29 is 0 Å². The fourth-order valence-corrected chi connectivity index (χ4v) is 1.87. The Hall–Kier alpha value is -0.160. The average Bonchev–Trinajstić information content (AvgIpc) is 2.25. The molecule has 84 valence electrons. The van der Waals surface area contributed by atoms with Crippen LogP contribution in [0.15, 0.2) is 0 Å². The maximum Gasteiger partial charge on any atom is 0.0572 e. The molecule has 1 heterocycles. The molecule has 1 aliphatic rings. The molecule has 1 saturated heterocycles. The molecule has 0 aromatic heterocycles. The lowest BCUT2D eigenvalue weighted by molar-refractivity contribution is 0.166. The number of nitrogens with zero attached hydrogens (tertiary/aromatic N) is 1. The van der Waals surface area contributed by atoms with Gasteiger partial charge in [0.15, 0.2) is 0 Å². The molecule has 14 heavy (non-hydrogen) atoms. The van der Waals surface area contributed by atoms with Crippen molar-refractivity contribution in [2.24, 2.45) is 11.5 Å². The monoisotopic (exact) mass is 200 g/mol. The molecule has 0 spiro atoms. The third-order valence-electron chi connectivity index (χ3n) is 2.82. The lowest BCUT2D eigenvalue weighted by atomic mass is 10.1. The Kier molecular flexibility index (Phi) is 6.10. The van der Waals surface area contributed by atoms with Crippen LogP contribution >= 0.6 is 0 Å². The first-order valence-electron chi connectivity index (χ1n) is 5.75. The van der Waals surface area contributed by atoms with E-state index in [1.165, 1.54) is 12.8 Å². The minimum Gasteiger partial charge on any atom is -0.330 e. The zero-order chi connectivity index (χ0) is 10.2. The van der Waals surface area contributed by atoms with E-state index in [0.29, 0.717) is 0 Å². The summed E-state index contributed by atoms with van der Waals surface area (Å²) in [7, 11) is 0. The van der Waals surface area contributed by atoms with Gasteiger partial charge in [0.2, 0.25) is 0 Å². The van der Waals surface area contributed by atoms with Crippen LogP contribution in [0.3, 0.4) is 0 Å². The summed E-state index contributed by atoms with van der Waals surface area (Å²) in [4.78, 5) is 2.37. The van der Waals surface area contributed by atoms with Gasteiger partial charge in [0, 0.05) is 26.2 Å². The van der Waals surface area contributed by atoms with Crippen LogP contribution in [-0.2, 0) is 0 Å². The van der Waals surface area contributed by atoms with E-state index < -0.39 is 0 Å². The number of rotatable bonds is 6. The van der Waals surface area contributed by atoms with E-state index in [2.05, 4.69) is 10.2 Å². The maximum absolute atomic E-state index is 6.10. The molecule has 0 aliphatic carbocycles. The summed E-state index contributed by atoms with van der Waals surface area (Å²) in [6.07, 6.45) is 4.93. The number of unbranched alkanes of at least 4 members (excludes halogenated alkanes) is 2. The Morgan fingerprint density at radius 1 is 1.14 bits per heavy atom. The first-order chi connectivity index (χ1) is 6.84. The van der Waals surface area contributed by atoms with Gasteiger partial charge in [0.1, 0.15) is 0 Å². The minimum absolute atomic E-state index is 0.259. The van der Waals surface area contributed by atoms with Crippen molar-refractivity contribution in [3.05, 3.63) is 0 Å². The molecule has 0 aromatic carbocycles. The summed E-state index contributed by atoms with van der Waals surface area (Å²) < 4.78 is 0. The molecule has 0 aromatic rings. The van der Waals surface area contributed by atoms with Crippen molar-refractivity contribution >= 4 is 0 Å². The minimum atomic E-state index is 0.259. The highest BCUT2D eigenvalue weighted by Crippen LogP contribution is 2.06. The Morgan fingerprint density at radius 2 is 1.86 bits per heavy atom. The van der Waals surface area contributed by atoms with Crippen LogP contribution < -0.4 is 16.8 Å². The van der Waals surface area contributed by atoms with Crippen LogP contribution in [0.1, 0.15) is 25.7 Å². The second-order valence-electron chi connectivity index (χ2n) is 3.99. The van der Waals surface area contributed by atoms with Gasteiger partial charge in [-0.3, -0.25) is 4.90 Å². The van der Waals surface area contributed by atoms with Gasteiger partial charge < -0.3 is 16.8 Å². The van der Waals surface area contributed by atoms with Gasteiger partial charge in [-0.05, 0) is 19.4 Å². The first kappa shape index (κ1) is 11.9. The zero-order valence-electron chi connectivity index (χ0n) is 9.04. The molecular weight excluding hydrogens is 176 g/mol. The molecule has 0 bridgehead atoms. The van der Waals surface area contributed by atoms with Crippen LogP contribution in [0.4, 0.5) is 0 Å². The topological polar surface area (TPSA) is 67.3 Å². The Labute approximate surface area is 87.0 Å². The quantitative estimate of drug-likeness (QED) is 0.515. The molecule has 1 atom stereocenters. The molecule has 4 nitrogen and oxygen atoms in total. The smallest absolute Gasteiger partial charge is 0.0572 e. The highest BCUT2D eigenvalue weighted by Gasteiger charge is 2.15. The Balaban J connectivity index is 2.04. The van der Waals surface area contributed by atoms with Gasteiger partial charge in [0.25, 0.3) is 0 Å². The molecule has 1 aliphatic heterocycles. The summed E-state index contributed by atoms with van der Waals surface area (Å²) >= 11 is 0. The van der Waals surface area contributed by atoms with Gasteiger partial charge in [-0.2, -0.15) is 0 Å². The fourth-order valence-electron chi connectivity index (χ4n) is 1.87. The van der Waals surface area contributed by atoms with Crippen LogP contribution in [-0.4, -0.2) is 43.8 Å². The number of nitrogens with one attached hydrogen (secondary N) is 1. The van der Waals surface area contributed by atoms with Gasteiger partial charge in [-0.15, -0.1) is 0 Å². The average molecular weight is 200 g/mol. The number of hydrogen-bond acceptors (Lipinski definition) is 4. The molecule has 4 heteroatoms. The van der Waals surface area contributed by atoms with Crippen LogP contribution in [0.25, 0.3) is 0 Å². The Bertz CT molecular complexity index is 134. The number of hydrogen-bond donors (Lipinski definition) is 3. The first-order valence-corrected chi connectivity index (χ1v) is 5.75. The van der Waals surface area contributed by atoms with Gasteiger partial charge in [-0.1, -0.05) is 12.8 Å². The van der Waals surface area contributed by atoms with E-state index >= 15 is 0 Å². The molecule has 0 saturated carbocycles. The van der Waals surface area contributed by atoms with Crippen LogP contribution in [0.2, 0.25) is 0 Å². The molecule has 5 N–H and O–H groups in total. The molecule has 0 amide bonds. The highest BCUT2D eigenvalue weighted by atomic mass is 15.3. The van der Waals surface area contributed by atoms with E-state index in [4.69, 9.17) is 11.5 Å². The normalized spacial score (nSPS) is 21.0. The van der Waals surface area contributed by atoms with E-state index in [1.54, 1.807) is 0 Å². The van der Waals surface area contributed by atoms with E-state index in [0.717, 1.165) is 45.6 Å². The highest BCUT2D eigenvalue weighted by molar-refractivity contribution is 4.72.